The molecule has 0 aliphatic carbocycles. The number of halogens is 1. The lowest BCUT2D eigenvalue weighted by Crippen LogP contribution is -2.51. The summed E-state index contributed by atoms with van der Waals surface area (Å²) >= 11 is 1.99. The minimum absolute atomic E-state index is 0. The molecule has 0 aromatic rings. The van der Waals surface area contributed by atoms with Crippen molar-refractivity contribution in [1.82, 2.24) is 14.9 Å². The first-order valence-corrected chi connectivity index (χ1v) is 10.2. The molecule has 0 atom stereocenters. The fourth-order valence-corrected chi connectivity index (χ4v) is 3.77. The van der Waals surface area contributed by atoms with Gasteiger partial charge in [-0.15, -0.1) is 24.0 Å². The third kappa shape index (κ3) is 9.41. The second-order valence-electron chi connectivity index (χ2n) is 5.79. The molecule has 6 nitrogen and oxygen atoms in total. The van der Waals surface area contributed by atoms with Crippen LogP contribution in [-0.2, 0) is 10.0 Å². The zero-order chi connectivity index (χ0) is 15.9. The summed E-state index contributed by atoms with van der Waals surface area (Å²) in [7, 11) is -3.10. The molecule has 0 saturated carbocycles. The molecule has 1 saturated heterocycles. The molecule has 0 unspecified atom stereocenters. The van der Waals surface area contributed by atoms with Crippen LogP contribution in [0.1, 0.15) is 27.2 Å². The fourth-order valence-electron chi connectivity index (χ4n) is 2.14. The van der Waals surface area contributed by atoms with E-state index < -0.39 is 10.0 Å². The van der Waals surface area contributed by atoms with Gasteiger partial charge in [0.2, 0.25) is 10.0 Å². The van der Waals surface area contributed by atoms with E-state index in [-0.39, 0.29) is 28.7 Å². The summed E-state index contributed by atoms with van der Waals surface area (Å²) in [6.45, 7) is 10.4. The highest BCUT2D eigenvalue weighted by Gasteiger charge is 2.28. The van der Waals surface area contributed by atoms with Crippen LogP contribution in [0.3, 0.4) is 0 Å². The van der Waals surface area contributed by atoms with Crippen molar-refractivity contribution >= 4 is 51.7 Å². The lowest BCUT2D eigenvalue weighted by atomic mass is 10.2. The Morgan fingerprint density at radius 3 is 2.64 bits per heavy atom. The first kappa shape index (κ1) is 22.3. The molecule has 132 valence electrons. The topological polar surface area (TPSA) is 73.8 Å². The predicted molar refractivity (Wildman–Crippen MR) is 107 cm³/mol. The average molecular weight is 464 g/mol. The van der Waals surface area contributed by atoms with Crippen LogP contribution in [0, 0.1) is 0 Å². The van der Waals surface area contributed by atoms with Gasteiger partial charge >= 0.3 is 0 Å². The first-order chi connectivity index (χ1) is 9.73. The minimum atomic E-state index is -3.10. The number of thioether (sulfide) groups is 1. The minimum Gasteiger partial charge on any atom is -0.357 e. The van der Waals surface area contributed by atoms with Gasteiger partial charge in [-0.25, -0.2) is 13.1 Å². The van der Waals surface area contributed by atoms with E-state index in [9.17, 15) is 8.42 Å². The highest BCUT2D eigenvalue weighted by atomic mass is 127. The van der Waals surface area contributed by atoms with E-state index in [2.05, 4.69) is 40.7 Å². The second kappa shape index (κ2) is 10.2. The molecule has 22 heavy (non-hydrogen) atoms. The van der Waals surface area contributed by atoms with Crippen LogP contribution < -0.4 is 10.0 Å². The predicted octanol–water partition coefficient (Wildman–Crippen LogP) is 1.34. The Morgan fingerprint density at radius 2 is 2.09 bits per heavy atom. The lowest BCUT2D eigenvalue weighted by molar-refractivity contribution is 0.376. The summed E-state index contributed by atoms with van der Waals surface area (Å²) in [4.78, 5) is 6.91. The van der Waals surface area contributed by atoms with Crippen LogP contribution in [0.5, 0.6) is 0 Å². The molecule has 0 radical (unpaired) electrons. The van der Waals surface area contributed by atoms with Crippen molar-refractivity contribution in [2.75, 3.05) is 44.7 Å². The Labute approximate surface area is 156 Å². The van der Waals surface area contributed by atoms with Gasteiger partial charge in [0.25, 0.3) is 0 Å². The Kier molecular flexibility index (Phi) is 10.3. The van der Waals surface area contributed by atoms with Crippen molar-refractivity contribution in [2.45, 2.75) is 31.9 Å². The summed E-state index contributed by atoms with van der Waals surface area (Å²) < 4.78 is 24.7. The first-order valence-electron chi connectivity index (χ1n) is 7.35. The monoisotopic (exact) mass is 464 g/mol. The third-order valence-electron chi connectivity index (χ3n) is 3.02. The Morgan fingerprint density at radius 1 is 1.41 bits per heavy atom. The van der Waals surface area contributed by atoms with Gasteiger partial charge in [-0.2, -0.15) is 11.8 Å². The van der Waals surface area contributed by atoms with Gasteiger partial charge in [0, 0.05) is 43.2 Å². The molecule has 1 aliphatic heterocycles. The standard InChI is InChI=1S/C13H28N4O2S2.HI/c1-5-14-12(15-7-6-8-16-21(4,18)19)17-9-10-20-13(2,3)11-17;/h16H,5-11H2,1-4H3,(H,14,15);1H. The van der Waals surface area contributed by atoms with Crippen LogP contribution in [0.4, 0.5) is 0 Å². The largest absolute Gasteiger partial charge is 0.357 e. The number of guanidine groups is 1. The van der Waals surface area contributed by atoms with E-state index in [1.165, 1.54) is 6.26 Å². The van der Waals surface area contributed by atoms with Gasteiger partial charge in [-0.3, -0.25) is 4.99 Å². The van der Waals surface area contributed by atoms with Crippen LogP contribution in [0.15, 0.2) is 4.99 Å². The van der Waals surface area contributed by atoms with E-state index in [0.29, 0.717) is 19.5 Å². The molecule has 0 bridgehead atoms. The number of nitrogens with zero attached hydrogens (tertiary/aromatic N) is 2. The second-order valence-corrected chi connectivity index (χ2v) is 9.42. The van der Waals surface area contributed by atoms with Crippen molar-refractivity contribution in [3.8, 4) is 0 Å². The number of sulfonamides is 1. The average Bonchev–Trinajstić information content (AvgIpc) is 2.34. The van der Waals surface area contributed by atoms with Gasteiger partial charge in [0.05, 0.1) is 6.26 Å². The summed E-state index contributed by atoms with van der Waals surface area (Å²) in [6.07, 6.45) is 1.88. The van der Waals surface area contributed by atoms with Crippen LogP contribution >= 0.6 is 35.7 Å². The molecule has 9 heteroatoms. The van der Waals surface area contributed by atoms with Crippen molar-refractivity contribution in [1.29, 1.82) is 0 Å². The fraction of sp³-hybridized carbons (Fsp3) is 0.923. The van der Waals surface area contributed by atoms with Gasteiger partial charge in [0.15, 0.2) is 5.96 Å². The van der Waals surface area contributed by atoms with Gasteiger partial charge in [-0.05, 0) is 27.2 Å². The van der Waals surface area contributed by atoms with E-state index in [4.69, 9.17) is 0 Å². The van der Waals surface area contributed by atoms with E-state index in [0.717, 1.165) is 31.3 Å². The SMILES string of the molecule is CCNC(=NCCCNS(C)(=O)=O)N1CCSC(C)(C)C1.I. The van der Waals surface area contributed by atoms with Crippen molar-refractivity contribution in [2.24, 2.45) is 4.99 Å². The Balaban J connectivity index is 0.00000441. The molecule has 1 heterocycles. The number of hydrogen-bond acceptors (Lipinski definition) is 4. The molecule has 2 N–H and O–H groups in total. The maximum Gasteiger partial charge on any atom is 0.208 e. The lowest BCUT2D eigenvalue weighted by Gasteiger charge is -2.39. The highest BCUT2D eigenvalue weighted by Crippen LogP contribution is 2.29. The molecule has 1 aliphatic rings. The molecule has 0 amide bonds. The molecule has 0 aromatic carbocycles. The normalized spacial score (nSPS) is 18.7. The zero-order valence-electron chi connectivity index (χ0n) is 13.9. The number of aliphatic imine (C=N–C) groups is 1. The zero-order valence-corrected chi connectivity index (χ0v) is 17.8. The smallest absolute Gasteiger partial charge is 0.208 e. The van der Waals surface area contributed by atoms with E-state index in [1.807, 2.05) is 11.8 Å². The summed E-state index contributed by atoms with van der Waals surface area (Å²) in [5, 5.41) is 3.33. The van der Waals surface area contributed by atoms with Crippen molar-refractivity contribution in [3.63, 3.8) is 0 Å². The van der Waals surface area contributed by atoms with Gasteiger partial charge in [0.1, 0.15) is 0 Å². The highest BCUT2D eigenvalue weighted by molar-refractivity contribution is 14.0. The van der Waals surface area contributed by atoms with Crippen LogP contribution in [0.25, 0.3) is 0 Å². The summed E-state index contributed by atoms with van der Waals surface area (Å²) in [5.74, 6) is 2.04. The van der Waals surface area contributed by atoms with Crippen LogP contribution in [0.2, 0.25) is 0 Å². The molecule has 0 aromatic heterocycles. The van der Waals surface area contributed by atoms with Gasteiger partial charge < -0.3 is 10.2 Å². The Bertz CT molecular complexity index is 455. The maximum atomic E-state index is 11.0. The summed E-state index contributed by atoms with van der Waals surface area (Å²) in [6, 6.07) is 0. The van der Waals surface area contributed by atoms with Crippen molar-refractivity contribution < 1.29 is 8.42 Å². The van der Waals surface area contributed by atoms with E-state index in [1.54, 1.807) is 0 Å². The van der Waals surface area contributed by atoms with Crippen molar-refractivity contribution in [3.05, 3.63) is 0 Å². The van der Waals surface area contributed by atoms with Crippen LogP contribution in [-0.4, -0.2) is 68.8 Å². The molecule has 0 spiro atoms. The summed E-state index contributed by atoms with van der Waals surface area (Å²) in [5.41, 5.74) is 0. The third-order valence-corrected chi connectivity index (χ3v) is 5.05. The van der Waals surface area contributed by atoms with E-state index >= 15 is 0 Å². The Hall–Kier alpha value is 0.260. The number of rotatable bonds is 6. The number of nitrogens with one attached hydrogen (secondary N) is 2. The number of hydrogen-bond donors (Lipinski definition) is 2. The van der Waals surface area contributed by atoms with Gasteiger partial charge in [-0.1, -0.05) is 0 Å². The maximum absolute atomic E-state index is 11.0. The molecular weight excluding hydrogens is 435 g/mol. The molecule has 1 rings (SSSR count). The quantitative estimate of drug-likeness (QED) is 0.269. The molecular formula is C13H29IN4O2S2. The molecule has 1 fully saturated rings.